The van der Waals surface area contributed by atoms with Gasteiger partial charge in [0.15, 0.2) is 5.84 Å². The van der Waals surface area contributed by atoms with E-state index < -0.39 is 12.6 Å². The maximum absolute atomic E-state index is 12.6. The summed E-state index contributed by atoms with van der Waals surface area (Å²) in [4.78, 5) is 11.8. The monoisotopic (exact) mass is 435 g/mol. The van der Waals surface area contributed by atoms with Gasteiger partial charge < -0.3 is 0 Å². The van der Waals surface area contributed by atoms with Gasteiger partial charge in [-0.25, -0.2) is 4.99 Å². The third-order valence-electron chi connectivity index (χ3n) is 6.10. The zero-order chi connectivity index (χ0) is 22.3. The lowest BCUT2D eigenvalue weighted by molar-refractivity contribution is -0.127. The van der Waals surface area contributed by atoms with E-state index in [0.717, 1.165) is 47.8 Å². The predicted octanol–water partition coefficient (Wildman–Crippen LogP) is 5.65. The van der Waals surface area contributed by atoms with Gasteiger partial charge in [0.1, 0.15) is 0 Å². The fraction of sp³-hybridized carbons (Fsp3) is 0.308. The topological polar surface area (TPSA) is 28.0 Å². The molecule has 3 nitrogen and oxygen atoms in total. The van der Waals surface area contributed by atoms with Crippen molar-refractivity contribution in [2.24, 2.45) is 15.9 Å². The summed E-state index contributed by atoms with van der Waals surface area (Å²) in [5, 5.41) is 2.34. The van der Waals surface area contributed by atoms with Crippen molar-refractivity contribution in [1.29, 1.82) is 0 Å². The summed E-state index contributed by atoms with van der Waals surface area (Å²) in [5.41, 5.74) is 4.13. The maximum Gasteiger partial charge on any atom is 0.393 e. The van der Waals surface area contributed by atoms with Gasteiger partial charge in [-0.15, -0.1) is 0 Å². The summed E-state index contributed by atoms with van der Waals surface area (Å²) in [6.45, 7) is 5.91. The summed E-state index contributed by atoms with van der Waals surface area (Å²) >= 11 is 0. The second-order valence-corrected chi connectivity index (χ2v) is 8.80. The molecule has 164 valence electrons. The zero-order valence-electron chi connectivity index (χ0n) is 17.9. The van der Waals surface area contributed by atoms with Crippen molar-refractivity contribution in [1.82, 2.24) is 4.90 Å². The van der Waals surface area contributed by atoms with Gasteiger partial charge in [0.05, 0.1) is 18.7 Å². The Kier molecular flexibility index (Phi) is 5.33. The third kappa shape index (κ3) is 4.32. The van der Waals surface area contributed by atoms with Gasteiger partial charge in [0, 0.05) is 25.2 Å². The van der Waals surface area contributed by atoms with Crippen LogP contribution in [-0.2, 0) is 13.0 Å². The smallest absolute Gasteiger partial charge is 0.298 e. The summed E-state index contributed by atoms with van der Waals surface area (Å²) in [6.07, 6.45) is -5.13. The van der Waals surface area contributed by atoms with Crippen LogP contribution in [0.15, 0.2) is 70.6 Å². The Morgan fingerprint density at radius 2 is 1.66 bits per heavy atom. The molecule has 0 bridgehead atoms. The Labute approximate surface area is 185 Å². The first-order valence-corrected chi connectivity index (χ1v) is 10.9. The minimum atomic E-state index is -4.20. The molecule has 3 aromatic carbocycles. The molecule has 0 radical (unpaired) electrons. The molecule has 0 amide bonds. The van der Waals surface area contributed by atoms with Crippen LogP contribution in [0.4, 0.5) is 13.2 Å². The van der Waals surface area contributed by atoms with Gasteiger partial charge in [-0.2, -0.15) is 13.2 Å². The van der Waals surface area contributed by atoms with Crippen LogP contribution in [-0.4, -0.2) is 42.3 Å². The standard InChI is InChI=1S/C26H24F3N3/c1-17-14-32(15-17)16-20-10-11-23(22-5-3-2-4-21(20)22)25-30-13-24(31-25)19-8-6-18(7-9-19)12-26(27,28)29/h2-11,17H,12-16H2,1H3. The molecule has 1 fully saturated rings. The molecule has 0 spiro atoms. The minimum Gasteiger partial charge on any atom is -0.298 e. The van der Waals surface area contributed by atoms with E-state index in [1.165, 1.54) is 23.1 Å². The fourth-order valence-electron chi connectivity index (χ4n) is 4.59. The van der Waals surface area contributed by atoms with E-state index in [9.17, 15) is 13.2 Å². The SMILES string of the molecule is CC1CN(Cc2ccc(C3=NCC(c4ccc(CC(F)(F)F)cc4)=N3)c3ccccc23)C1. The van der Waals surface area contributed by atoms with Gasteiger partial charge in [0.25, 0.3) is 0 Å². The maximum atomic E-state index is 12.6. The van der Waals surface area contributed by atoms with Crippen molar-refractivity contribution >= 4 is 22.3 Å². The molecule has 0 unspecified atom stereocenters. The lowest BCUT2D eigenvalue weighted by Crippen LogP contribution is -2.44. The third-order valence-corrected chi connectivity index (χ3v) is 6.10. The van der Waals surface area contributed by atoms with Crippen LogP contribution in [0.3, 0.4) is 0 Å². The number of aliphatic imine (C=N–C) groups is 2. The number of rotatable bonds is 5. The van der Waals surface area contributed by atoms with Crippen molar-refractivity contribution in [2.45, 2.75) is 26.1 Å². The van der Waals surface area contributed by atoms with Crippen LogP contribution >= 0.6 is 0 Å². The van der Waals surface area contributed by atoms with Crippen LogP contribution in [0.1, 0.15) is 29.2 Å². The van der Waals surface area contributed by atoms with Gasteiger partial charge in [-0.3, -0.25) is 9.89 Å². The van der Waals surface area contributed by atoms with E-state index in [2.05, 4.69) is 47.1 Å². The van der Waals surface area contributed by atoms with E-state index in [1.54, 1.807) is 12.1 Å². The quantitative estimate of drug-likeness (QED) is 0.509. The van der Waals surface area contributed by atoms with Gasteiger partial charge >= 0.3 is 6.18 Å². The Bertz CT molecular complexity index is 1200. The molecule has 1 saturated heterocycles. The van der Waals surface area contributed by atoms with E-state index in [0.29, 0.717) is 12.4 Å². The lowest BCUT2D eigenvalue weighted by Gasteiger charge is -2.37. The zero-order valence-corrected chi connectivity index (χ0v) is 17.9. The number of hydrogen-bond acceptors (Lipinski definition) is 3. The molecule has 2 aliphatic rings. The number of benzene rings is 3. The van der Waals surface area contributed by atoms with Crippen LogP contribution in [0.5, 0.6) is 0 Å². The Morgan fingerprint density at radius 3 is 2.34 bits per heavy atom. The first-order chi connectivity index (χ1) is 15.4. The number of likely N-dealkylation sites (tertiary alicyclic amines) is 1. The molecule has 6 heteroatoms. The van der Waals surface area contributed by atoms with Crippen LogP contribution in [0.2, 0.25) is 0 Å². The molecular formula is C26H24F3N3. The highest BCUT2D eigenvalue weighted by Gasteiger charge is 2.27. The molecule has 0 aromatic heterocycles. The largest absolute Gasteiger partial charge is 0.393 e. The summed E-state index contributed by atoms with van der Waals surface area (Å²) in [6, 6.07) is 19.0. The van der Waals surface area contributed by atoms with Crippen LogP contribution < -0.4 is 0 Å². The summed E-state index contributed by atoms with van der Waals surface area (Å²) < 4.78 is 37.8. The predicted molar refractivity (Wildman–Crippen MR) is 123 cm³/mol. The van der Waals surface area contributed by atoms with Crippen LogP contribution in [0, 0.1) is 5.92 Å². The number of amidine groups is 1. The second kappa shape index (κ2) is 8.17. The molecule has 2 heterocycles. The number of hydrogen-bond donors (Lipinski definition) is 0. The molecular weight excluding hydrogens is 411 g/mol. The first kappa shape index (κ1) is 20.9. The number of fused-ring (bicyclic) bond motifs is 1. The molecule has 5 rings (SSSR count). The molecule has 2 aliphatic heterocycles. The number of nitrogens with zero attached hydrogens (tertiary/aromatic N) is 3. The number of alkyl halides is 3. The molecule has 0 atom stereocenters. The van der Waals surface area contributed by atoms with E-state index in [1.807, 2.05) is 6.07 Å². The number of halogens is 3. The van der Waals surface area contributed by atoms with Crippen molar-refractivity contribution in [2.75, 3.05) is 19.6 Å². The highest BCUT2D eigenvalue weighted by atomic mass is 19.4. The van der Waals surface area contributed by atoms with E-state index in [-0.39, 0.29) is 5.56 Å². The van der Waals surface area contributed by atoms with Crippen molar-refractivity contribution in [3.63, 3.8) is 0 Å². The van der Waals surface area contributed by atoms with Gasteiger partial charge in [0.2, 0.25) is 0 Å². The highest BCUT2D eigenvalue weighted by molar-refractivity contribution is 6.20. The lowest BCUT2D eigenvalue weighted by atomic mass is 9.96. The van der Waals surface area contributed by atoms with Crippen molar-refractivity contribution < 1.29 is 13.2 Å². The normalized spacial score (nSPS) is 17.4. The average Bonchev–Trinajstić information content (AvgIpc) is 3.22. The van der Waals surface area contributed by atoms with Crippen LogP contribution in [0.25, 0.3) is 10.8 Å². The van der Waals surface area contributed by atoms with Crippen molar-refractivity contribution in [3.8, 4) is 0 Å². The minimum absolute atomic E-state index is 0.249. The molecule has 0 aliphatic carbocycles. The molecule has 32 heavy (non-hydrogen) atoms. The summed E-state index contributed by atoms with van der Waals surface area (Å²) in [7, 11) is 0. The highest BCUT2D eigenvalue weighted by Crippen LogP contribution is 2.28. The molecule has 0 saturated carbocycles. The van der Waals surface area contributed by atoms with E-state index >= 15 is 0 Å². The summed E-state index contributed by atoms with van der Waals surface area (Å²) in [5.74, 6) is 1.45. The Hall–Kier alpha value is -2.99. The van der Waals surface area contributed by atoms with Gasteiger partial charge in [-0.1, -0.05) is 67.6 Å². The molecule has 0 N–H and O–H groups in total. The van der Waals surface area contributed by atoms with E-state index in [4.69, 9.17) is 4.99 Å². The Morgan fingerprint density at radius 1 is 0.938 bits per heavy atom. The van der Waals surface area contributed by atoms with Crippen molar-refractivity contribution in [3.05, 3.63) is 82.9 Å². The average molecular weight is 435 g/mol. The molecule has 3 aromatic rings. The van der Waals surface area contributed by atoms with Gasteiger partial charge in [-0.05, 0) is 33.4 Å². The fourth-order valence-corrected chi connectivity index (χ4v) is 4.59. The Balaban J connectivity index is 1.40. The second-order valence-electron chi connectivity index (χ2n) is 8.80. The first-order valence-electron chi connectivity index (χ1n) is 10.9.